The maximum Gasteiger partial charge on any atom is 0.338 e. The predicted molar refractivity (Wildman–Crippen MR) is 105 cm³/mol. The zero-order chi connectivity index (χ0) is 20.9. The van der Waals surface area contributed by atoms with Gasteiger partial charge in [0, 0.05) is 19.6 Å². The highest BCUT2D eigenvalue weighted by Gasteiger charge is 2.28. The van der Waals surface area contributed by atoms with E-state index in [4.69, 9.17) is 4.74 Å². The molecule has 0 amide bonds. The van der Waals surface area contributed by atoms with E-state index in [2.05, 4.69) is 29.4 Å². The van der Waals surface area contributed by atoms with Crippen molar-refractivity contribution in [3.8, 4) is 0 Å². The van der Waals surface area contributed by atoms with Crippen LogP contribution in [0.15, 0.2) is 29.2 Å². The molecule has 0 unspecified atom stereocenters. The number of aromatic nitrogens is 4. The fraction of sp³-hybridized carbons (Fsp3) is 0.579. The minimum atomic E-state index is -3.54. The Morgan fingerprint density at radius 3 is 2.55 bits per heavy atom. The van der Waals surface area contributed by atoms with Gasteiger partial charge in [0.1, 0.15) is 0 Å². The highest BCUT2D eigenvalue weighted by molar-refractivity contribution is 7.89. The second-order valence-corrected chi connectivity index (χ2v) is 9.30. The normalized spacial score (nSPS) is 16.1. The van der Waals surface area contributed by atoms with Crippen molar-refractivity contribution in [1.29, 1.82) is 0 Å². The first kappa shape index (κ1) is 21.4. The van der Waals surface area contributed by atoms with E-state index in [1.807, 2.05) is 0 Å². The van der Waals surface area contributed by atoms with Crippen LogP contribution in [0.2, 0.25) is 0 Å². The molecule has 0 bridgehead atoms. The number of benzene rings is 1. The van der Waals surface area contributed by atoms with Gasteiger partial charge in [0.25, 0.3) is 0 Å². The molecule has 0 spiro atoms. The smallest absolute Gasteiger partial charge is 0.338 e. The molecule has 0 N–H and O–H groups in total. The van der Waals surface area contributed by atoms with Crippen LogP contribution >= 0.6 is 0 Å². The van der Waals surface area contributed by atoms with Gasteiger partial charge in [-0.05, 0) is 59.9 Å². The first-order chi connectivity index (χ1) is 13.9. The largest absolute Gasteiger partial charge is 0.454 e. The van der Waals surface area contributed by atoms with Gasteiger partial charge in [-0.3, -0.25) is 0 Å². The zero-order valence-corrected chi connectivity index (χ0v) is 17.6. The minimum Gasteiger partial charge on any atom is -0.454 e. The van der Waals surface area contributed by atoms with Crippen molar-refractivity contribution in [1.82, 2.24) is 24.5 Å². The molecule has 1 aliphatic heterocycles. The van der Waals surface area contributed by atoms with Gasteiger partial charge < -0.3 is 4.74 Å². The van der Waals surface area contributed by atoms with E-state index >= 15 is 0 Å². The molecule has 29 heavy (non-hydrogen) atoms. The standard InChI is InChI=1S/C19H27N5O4S/c1-3-4-11-24-18(20-21-22-24)14-28-19(25)16-5-7-17(8-6-16)29(26,27)23-12-9-15(2)10-13-23/h5-8,15H,3-4,9-14H2,1-2H3. The van der Waals surface area contributed by atoms with Crippen molar-refractivity contribution < 1.29 is 17.9 Å². The number of piperidine rings is 1. The van der Waals surface area contributed by atoms with Gasteiger partial charge in [-0.2, -0.15) is 4.31 Å². The Morgan fingerprint density at radius 1 is 1.21 bits per heavy atom. The number of nitrogens with zero attached hydrogens (tertiary/aromatic N) is 5. The average Bonchev–Trinajstić information content (AvgIpc) is 3.18. The van der Waals surface area contributed by atoms with E-state index in [1.165, 1.54) is 28.6 Å². The molecule has 158 valence electrons. The van der Waals surface area contributed by atoms with Crippen molar-refractivity contribution in [3.63, 3.8) is 0 Å². The number of esters is 1. The third-order valence-corrected chi connectivity index (χ3v) is 7.05. The lowest BCUT2D eigenvalue weighted by Gasteiger charge is -2.29. The van der Waals surface area contributed by atoms with E-state index in [9.17, 15) is 13.2 Å². The fourth-order valence-corrected chi connectivity index (χ4v) is 4.63. The number of carbonyl (C=O) groups excluding carboxylic acids is 1. The van der Waals surface area contributed by atoms with Crippen molar-refractivity contribution in [2.24, 2.45) is 5.92 Å². The number of rotatable bonds is 8. The molecular formula is C19H27N5O4S. The highest BCUT2D eigenvalue weighted by atomic mass is 32.2. The third kappa shape index (κ3) is 5.18. The van der Waals surface area contributed by atoms with Crippen molar-refractivity contribution in [2.75, 3.05) is 13.1 Å². The summed E-state index contributed by atoms with van der Waals surface area (Å²) in [7, 11) is -3.54. The Labute approximate surface area is 171 Å². The van der Waals surface area contributed by atoms with Crippen LogP contribution in [0.3, 0.4) is 0 Å². The number of hydrogen-bond acceptors (Lipinski definition) is 7. The van der Waals surface area contributed by atoms with Crippen LogP contribution in [0.4, 0.5) is 0 Å². The van der Waals surface area contributed by atoms with Gasteiger partial charge in [-0.25, -0.2) is 17.9 Å². The molecule has 1 fully saturated rings. The summed E-state index contributed by atoms with van der Waals surface area (Å²) in [6.45, 7) is 5.88. The van der Waals surface area contributed by atoms with Crippen LogP contribution in [0.5, 0.6) is 0 Å². The highest BCUT2D eigenvalue weighted by Crippen LogP contribution is 2.23. The molecule has 2 aromatic rings. The second-order valence-electron chi connectivity index (χ2n) is 7.36. The lowest BCUT2D eigenvalue weighted by atomic mass is 10.0. The van der Waals surface area contributed by atoms with Crippen molar-refractivity contribution in [3.05, 3.63) is 35.7 Å². The van der Waals surface area contributed by atoms with Crippen LogP contribution in [-0.2, 0) is 27.9 Å². The quantitative estimate of drug-likeness (QED) is 0.602. The number of tetrazole rings is 1. The lowest BCUT2D eigenvalue weighted by molar-refractivity contribution is 0.0456. The molecule has 2 heterocycles. The Hall–Kier alpha value is -2.33. The molecule has 1 aliphatic rings. The Balaban J connectivity index is 1.61. The Kier molecular flexibility index (Phi) is 6.96. The maximum atomic E-state index is 12.8. The SMILES string of the molecule is CCCCn1nnnc1COC(=O)c1ccc(S(=O)(=O)N2CCC(C)CC2)cc1. The lowest BCUT2D eigenvalue weighted by Crippen LogP contribution is -2.37. The number of ether oxygens (including phenoxy) is 1. The maximum absolute atomic E-state index is 12.8. The van der Waals surface area contributed by atoms with Gasteiger partial charge in [-0.1, -0.05) is 20.3 Å². The van der Waals surface area contributed by atoms with Crippen LogP contribution in [0.25, 0.3) is 0 Å². The fourth-order valence-electron chi connectivity index (χ4n) is 3.16. The summed E-state index contributed by atoms with van der Waals surface area (Å²) in [6.07, 6.45) is 3.66. The van der Waals surface area contributed by atoms with E-state index in [1.54, 1.807) is 4.68 Å². The first-order valence-electron chi connectivity index (χ1n) is 9.94. The average molecular weight is 422 g/mol. The number of sulfonamides is 1. The van der Waals surface area contributed by atoms with Crippen LogP contribution in [0.1, 0.15) is 55.7 Å². The molecule has 1 aromatic carbocycles. The topological polar surface area (TPSA) is 107 Å². The number of aryl methyl sites for hydroxylation is 1. The molecular weight excluding hydrogens is 394 g/mol. The van der Waals surface area contributed by atoms with Crippen LogP contribution in [-0.4, -0.2) is 52.0 Å². The third-order valence-electron chi connectivity index (χ3n) is 5.13. The van der Waals surface area contributed by atoms with Gasteiger partial charge in [0.05, 0.1) is 10.5 Å². The summed E-state index contributed by atoms with van der Waals surface area (Å²) >= 11 is 0. The Bertz CT molecular complexity index is 918. The van der Waals surface area contributed by atoms with Gasteiger partial charge in [0.15, 0.2) is 12.4 Å². The molecule has 0 saturated carbocycles. The molecule has 0 aliphatic carbocycles. The number of unbranched alkanes of at least 4 members (excludes halogenated alkanes) is 1. The first-order valence-corrected chi connectivity index (χ1v) is 11.4. The van der Waals surface area contributed by atoms with Gasteiger partial charge >= 0.3 is 5.97 Å². The van der Waals surface area contributed by atoms with Gasteiger partial charge in [-0.15, -0.1) is 5.10 Å². The van der Waals surface area contributed by atoms with Crippen LogP contribution < -0.4 is 0 Å². The predicted octanol–water partition coefficient (Wildman–Crippen LogP) is 2.25. The van der Waals surface area contributed by atoms with E-state index < -0.39 is 16.0 Å². The molecule has 9 nitrogen and oxygen atoms in total. The number of carbonyl (C=O) groups is 1. The molecule has 10 heteroatoms. The summed E-state index contributed by atoms with van der Waals surface area (Å²) in [5.41, 5.74) is 0.281. The van der Waals surface area contributed by atoms with Crippen molar-refractivity contribution >= 4 is 16.0 Å². The number of hydrogen-bond donors (Lipinski definition) is 0. The Morgan fingerprint density at radius 2 is 1.90 bits per heavy atom. The zero-order valence-electron chi connectivity index (χ0n) is 16.8. The second kappa shape index (κ2) is 9.45. The molecule has 0 radical (unpaired) electrons. The van der Waals surface area contributed by atoms with E-state index in [0.717, 1.165) is 25.7 Å². The van der Waals surface area contributed by atoms with Crippen molar-refractivity contribution in [2.45, 2.75) is 57.6 Å². The summed E-state index contributed by atoms with van der Waals surface area (Å²) in [6, 6.07) is 5.86. The van der Waals surface area contributed by atoms with E-state index in [0.29, 0.717) is 31.4 Å². The molecule has 3 rings (SSSR count). The monoisotopic (exact) mass is 421 g/mol. The molecule has 0 atom stereocenters. The summed E-state index contributed by atoms with van der Waals surface area (Å²) < 4.78 is 33.9. The molecule has 1 aromatic heterocycles. The summed E-state index contributed by atoms with van der Waals surface area (Å²) in [5, 5.41) is 11.4. The summed E-state index contributed by atoms with van der Waals surface area (Å²) in [4.78, 5) is 12.5. The van der Waals surface area contributed by atoms with Crippen LogP contribution in [0, 0.1) is 5.92 Å². The van der Waals surface area contributed by atoms with E-state index in [-0.39, 0.29) is 17.1 Å². The van der Waals surface area contributed by atoms with Gasteiger partial charge in [0.2, 0.25) is 10.0 Å². The molecule has 1 saturated heterocycles. The minimum absolute atomic E-state index is 0.0401. The summed E-state index contributed by atoms with van der Waals surface area (Å²) in [5.74, 6) is 0.470.